The van der Waals surface area contributed by atoms with Gasteiger partial charge in [0.15, 0.2) is 12.4 Å². The average molecular weight is 646 g/mol. The number of fused-ring (bicyclic) bond motifs is 1. The largest absolute Gasteiger partial charge is 0.482 e. The number of hydrogen-bond donors (Lipinski definition) is 2. The van der Waals surface area contributed by atoms with Crippen molar-refractivity contribution in [3.8, 4) is 16.9 Å². The Morgan fingerprint density at radius 2 is 1.63 bits per heavy atom. The van der Waals surface area contributed by atoms with Crippen molar-refractivity contribution in [2.45, 2.75) is 6.04 Å². The van der Waals surface area contributed by atoms with E-state index in [0.29, 0.717) is 46.8 Å². The van der Waals surface area contributed by atoms with Crippen LogP contribution in [0.3, 0.4) is 0 Å². The SMILES string of the molecule is CNC(=O)c1ccc(-c2ccc(C(CN3CCOCC3)NCC(=O)CN3C(=O)COc4cc(Cl)c(Cl)cc43)cc2)cc1Cl. The average Bonchev–Trinajstić information content (AvgIpc) is 3.02. The molecule has 1 unspecified atom stereocenters. The van der Waals surface area contributed by atoms with E-state index in [1.165, 1.54) is 4.90 Å². The summed E-state index contributed by atoms with van der Waals surface area (Å²) in [6, 6.07) is 16.3. The molecule has 0 radical (unpaired) electrons. The zero-order valence-electron chi connectivity index (χ0n) is 23.5. The third-order valence-electron chi connectivity index (χ3n) is 7.46. The lowest BCUT2D eigenvalue weighted by Gasteiger charge is -2.32. The summed E-state index contributed by atoms with van der Waals surface area (Å²) in [5.74, 6) is -0.330. The van der Waals surface area contributed by atoms with E-state index in [4.69, 9.17) is 44.3 Å². The molecule has 1 saturated heterocycles. The molecule has 0 saturated carbocycles. The molecule has 2 amide bonds. The van der Waals surface area contributed by atoms with Gasteiger partial charge in [0.25, 0.3) is 11.8 Å². The van der Waals surface area contributed by atoms with E-state index in [1.807, 2.05) is 30.3 Å². The number of ketones is 1. The topological polar surface area (TPSA) is 100 Å². The van der Waals surface area contributed by atoms with Crippen molar-refractivity contribution in [1.29, 1.82) is 0 Å². The van der Waals surface area contributed by atoms with Crippen LogP contribution in [0.5, 0.6) is 5.75 Å². The summed E-state index contributed by atoms with van der Waals surface area (Å²) < 4.78 is 11.0. The summed E-state index contributed by atoms with van der Waals surface area (Å²) in [4.78, 5) is 41.5. The summed E-state index contributed by atoms with van der Waals surface area (Å²) in [7, 11) is 1.56. The molecular weight excluding hydrogens is 615 g/mol. The van der Waals surface area contributed by atoms with Crippen LogP contribution >= 0.6 is 34.8 Å². The smallest absolute Gasteiger partial charge is 0.265 e. The molecule has 3 aromatic rings. The molecule has 2 aliphatic heterocycles. The van der Waals surface area contributed by atoms with Gasteiger partial charge in [-0.1, -0.05) is 65.1 Å². The van der Waals surface area contributed by atoms with Gasteiger partial charge in [-0.2, -0.15) is 0 Å². The molecule has 9 nitrogen and oxygen atoms in total. The fraction of sp³-hybridized carbons (Fsp3) is 0.323. The zero-order valence-corrected chi connectivity index (χ0v) is 25.8. The Labute approximate surface area is 265 Å². The molecule has 0 aliphatic carbocycles. The molecule has 5 rings (SSSR count). The second kappa shape index (κ2) is 14.1. The number of nitrogens with one attached hydrogen (secondary N) is 2. The van der Waals surface area contributed by atoms with Gasteiger partial charge >= 0.3 is 0 Å². The molecular formula is C31H31Cl3N4O5. The predicted octanol–water partition coefficient (Wildman–Crippen LogP) is 4.63. The van der Waals surface area contributed by atoms with Crippen LogP contribution in [0.15, 0.2) is 54.6 Å². The first-order chi connectivity index (χ1) is 20.7. The van der Waals surface area contributed by atoms with E-state index in [1.54, 1.807) is 31.3 Å². The number of carbonyl (C=O) groups excluding carboxylic acids is 3. The Morgan fingerprint density at radius 3 is 2.33 bits per heavy atom. The standard InChI is InChI=1S/C31H31Cl3N4O5/c1-35-31(41)23-7-6-21(12-24(23)32)19-2-4-20(5-3-19)27(17-37-8-10-42-11-9-37)36-15-22(39)16-38-28-13-25(33)26(34)14-29(28)43-18-30(38)40/h2-7,12-14,27,36H,8-11,15-18H2,1H3,(H,35,41). The summed E-state index contributed by atoms with van der Waals surface area (Å²) in [5.41, 5.74) is 3.67. The van der Waals surface area contributed by atoms with E-state index in [-0.39, 0.29) is 48.4 Å². The van der Waals surface area contributed by atoms with Gasteiger partial charge in [-0.25, -0.2) is 0 Å². The quantitative estimate of drug-likeness (QED) is 0.332. The Bertz CT molecular complexity index is 1510. The maximum atomic E-state index is 13.2. The molecule has 2 aliphatic rings. The fourth-order valence-corrected chi connectivity index (χ4v) is 5.67. The van der Waals surface area contributed by atoms with Crippen molar-refractivity contribution in [1.82, 2.24) is 15.5 Å². The number of ether oxygens (including phenoxy) is 2. The molecule has 43 heavy (non-hydrogen) atoms. The highest BCUT2D eigenvalue weighted by Crippen LogP contribution is 2.38. The Hall–Kier alpha value is -3.18. The number of benzene rings is 3. The van der Waals surface area contributed by atoms with E-state index < -0.39 is 0 Å². The van der Waals surface area contributed by atoms with Gasteiger partial charge in [0.1, 0.15) is 5.75 Å². The van der Waals surface area contributed by atoms with Crippen LogP contribution in [0.4, 0.5) is 5.69 Å². The van der Waals surface area contributed by atoms with E-state index >= 15 is 0 Å². The number of amides is 2. The molecule has 0 aromatic heterocycles. The number of morpholine rings is 1. The summed E-state index contributed by atoms with van der Waals surface area (Å²) >= 11 is 18.7. The Kier molecular flexibility index (Phi) is 10.2. The van der Waals surface area contributed by atoms with E-state index in [0.717, 1.165) is 29.8 Å². The highest BCUT2D eigenvalue weighted by Gasteiger charge is 2.29. The fourth-order valence-electron chi connectivity index (χ4n) is 5.09. The third kappa shape index (κ3) is 7.49. The first kappa shape index (κ1) is 31.3. The number of nitrogens with zero attached hydrogens (tertiary/aromatic N) is 2. The molecule has 2 heterocycles. The number of halogens is 3. The minimum Gasteiger partial charge on any atom is -0.482 e. The predicted molar refractivity (Wildman–Crippen MR) is 168 cm³/mol. The van der Waals surface area contributed by atoms with Crippen molar-refractivity contribution in [3.63, 3.8) is 0 Å². The van der Waals surface area contributed by atoms with Crippen LogP contribution in [0, 0.1) is 0 Å². The second-order valence-electron chi connectivity index (χ2n) is 10.3. The lowest BCUT2D eigenvalue weighted by Crippen LogP contribution is -2.46. The second-order valence-corrected chi connectivity index (χ2v) is 11.5. The van der Waals surface area contributed by atoms with Gasteiger partial charge in [-0.05, 0) is 34.9 Å². The van der Waals surface area contributed by atoms with Crippen molar-refractivity contribution >= 4 is 58.1 Å². The zero-order chi connectivity index (χ0) is 30.5. The van der Waals surface area contributed by atoms with Gasteiger partial charge in [0.05, 0.1) is 52.6 Å². The lowest BCUT2D eigenvalue weighted by atomic mass is 9.99. The first-order valence-electron chi connectivity index (χ1n) is 13.8. The molecule has 0 spiro atoms. The van der Waals surface area contributed by atoms with Crippen LogP contribution in [0.2, 0.25) is 15.1 Å². The number of Topliss-reactive ketones (excluding diaryl/α,β-unsaturated/α-hetero) is 1. The minimum absolute atomic E-state index is 0.0502. The van der Waals surface area contributed by atoms with Crippen molar-refractivity contribution in [2.24, 2.45) is 0 Å². The number of hydrogen-bond acceptors (Lipinski definition) is 7. The van der Waals surface area contributed by atoms with Crippen LogP contribution in [-0.4, -0.2) is 82.1 Å². The maximum Gasteiger partial charge on any atom is 0.265 e. The minimum atomic E-state index is -0.330. The normalized spacial score (nSPS) is 15.9. The van der Waals surface area contributed by atoms with Crippen LogP contribution in [0.25, 0.3) is 11.1 Å². The van der Waals surface area contributed by atoms with Gasteiger partial charge < -0.3 is 20.1 Å². The summed E-state index contributed by atoms with van der Waals surface area (Å²) in [5, 5.41) is 6.95. The Morgan fingerprint density at radius 1 is 0.930 bits per heavy atom. The number of carbonyl (C=O) groups is 3. The van der Waals surface area contributed by atoms with Crippen molar-refractivity contribution < 1.29 is 23.9 Å². The molecule has 1 atom stereocenters. The van der Waals surface area contributed by atoms with Gasteiger partial charge in [-0.3, -0.25) is 24.2 Å². The van der Waals surface area contributed by atoms with Crippen LogP contribution < -0.4 is 20.3 Å². The number of rotatable bonds is 10. The highest BCUT2D eigenvalue weighted by molar-refractivity contribution is 6.42. The summed E-state index contributed by atoms with van der Waals surface area (Å²) in [6.07, 6.45) is 0. The molecule has 1 fully saturated rings. The highest BCUT2D eigenvalue weighted by atomic mass is 35.5. The first-order valence-corrected chi connectivity index (χ1v) is 15.0. The summed E-state index contributed by atoms with van der Waals surface area (Å²) in [6.45, 7) is 3.31. The molecule has 3 aromatic carbocycles. The molecule has 0 bridgehead atoms. The maximum absolute atomic E-state index is 13.2. The van der Waals surface area contributed by atoms with Gasteiger partial charge in [0, 0.05) is 38.8 Å². The van der Waals surface area contributed by atoms with Gasteiger partial charge in [0.2, 0.25) is 0 Å². The number of anilines is 1. The van der Waals surface area contributed by atoms with Crippen LogP contribution in [0.1, 0.15) is 22.0 Å². The molecule has 12 heteroatoms. The molecule has 2 N–H and O–H groups in total. The van der Waals surface area contributed by atoms with Crippen molar-refractivity contribution in [3.05, 3.63) is 80.8 Å². The monoisotopic (exact) mass is 644 g/mol. The third-order valence-corrected chi connectivity index (χ3v) is 8.49. The lowest BCUT2D eigenvalue weighted by molar-refractivity contribution is -0.124. The van der Waals surface area contributed by atoms with Gasteiger partial charge in [-0.15, -0.1) is 0 Å². The van der Waals surface area contributed by atoms with Crippen LogP contribution in [-0.2, 0) is 14.3 Å². The Balaban J connectivity index is 1.30. The molecule has 226 valence electrons. The van der Waals surface area contributed by atoms with E-state index in [9.17, 15) is 14.4 Å². The van der Waals surface area contributed by atoms with Crippen molar-refractivity contribution in [2.75, 3.05) is 64.5 Å². The van der Waals surface area contributed by atoms with E-state index in [2.05, 4.69) is 15.5 Å².